The Bertz CT molecular complexity index is 1130. The molecule has 176 valence electrons. The highest BCUT2D eigenvalue weighted by Gasteiger charge is 2.15. The molecule has 0 heterocycles. The van der Waals surface area contributed by atoms with Crippen molar-refractivity contribution in [3.63, 3.8) is 0 Å². The van der Waals surface area contributed by atoms with Crippen LogP contribution in [0.2, 0.25) is 10.0 Å². The summed E-state index contributed by atoms with van der Waals surface area (Å²) >= 11 is 15.1. The lowest BCUT2D eigenvalue weighted by atomic mass is 10.1. The lowest BCUT2D eigenvalue weighted by molar-refractivity contribution is 0.743. The molecule has 0 spiro atoms. The van der Waals surface area contributed by atoms with Crippen LogP contribution in [0.25, 0.3) is 12.2 Å². The molecule has 0 saturated carbocycles. The maximum absolute atomic E-state index is 6.17. The predicted octanol–water partition coefficient (Wildman–Crippen LogP) is 10.5. The first-order valence-electron chi connectivity index (χ1n) is 11.1. The van der Waals surface area contributed by atoms with Gasteiger partial charge in [-0.1, -0.05) is 132 Å². The van der Waals surface area contributed by atoms with Crippen LogP contribution in [-0.2, 0) is 3.63 Å². The summed E-state index contributed by atoms with van der Waals surface area (Å²) in [4.78, 5) is 0. The fourth-order valence-electron chi connectivity index (χ4n) is 3.34. The molecule has 0 aliphatic carbocycles. The van der Waals surface area contributed by atoms with E-state index in [1.54, 1.807) is 0 Å². The lowest BCUT2D eigenvalue weighted by Gasteiger charge is -2.16. The molecule has 0 radical (unpaired) electrons. The molecule has 2 unspecified atom stereocenters. The van der Waals surface area contributed by atoms with E-state index in [0.717, 1.165) is 22.3 Å². The topological polar surface area (TPSA) is 9.23 Å². The van der Waals surface area contributed by atoms with Crippen molar-refractivity contribution in [1.29, 1.82) is 0 Å². The molecular weight excluding hydrogens is 511 g/mol. The number of hydrogen-bond donors (Lipinski definition) is 0. The van der Waals surface area contributed by atoms with E-state index in [1.807, 2.05) is 84.9 Å². The highest BCUT2D eigenvalue weighted by Crippen LogP contribution is 2.41. The third-order valence-electron chi connectivity index (χ3n) is 5.21. The van der Waals surface area contributed by atoms with E-state index in [-0.39, 0.29) is 10.5 Å². The fraction of sp³-hybridized carbons (Fsp3) is 0.0667. The smallest absolute Gasteiger partial charge is 0.0756 e. The number of rotatable bonds is 10. The van der Waals surface area contributed by atoms with E-state index in [0.29, 0.717) is 10.0 Å². The Balaban J connectivity index is 1.49. The zero-order chi connectivity index (χ0) is 24.3. The van der Waals surface area contributed by atoms with Gasteiger partial charge in [0.2, 0.25) is 0 Å². The molecule has 0 amide bonds. The van der Waals surface area contributed by atoms with Crippen LogP contribution in [0.15, 0.2) is 121 Å². The molecule has 4 aromatic carbocycles. The molecule has 1 nitrogen and oxygen atoms in total. The second kappa shape index (κ2) is 13.6. The van der Waals surface area contributed by atoms with Crippen molar-refractivity contribution >= 4 is 59.4 Å². The van der Waals surface area contributed by atoms with Gasteiger partial charge in [0, 0.05) is 34.1 Å². The molecule has 4 aromatic rings. The summed E-state index contributed by atoms with van der Waals surface area (Å²) in [6.07, 6.45) is 8.54. The first-order valence-corrected chi connectivity index (χ1v) is 13.5. The van der Waals surface area contributed by atoms with Gasteiger partial charge in [-0.2, -0.15) is 0 Å². The van der Waals surface area contributed by atoms with E-state index in [4.69, 9.17) is 26.8 Å². The molecule has 0 N–H and O–H groups in total. The van der Waals surface area contributed by atoms with Crippen molar-refractivity contribution in [3.8, 4) is 0 Å². The van der Waals surface area contributed by atoms with Gasteiger partial charge >= 0.3 is 0 Å². The van der Waals surface area contributed by atoms with Gasteiger partial charge in [-0.25, -0.2) is 3.63 Å². The van der Waals surface area contributed by atoms with Crippen molar-refractivity contribution in [2.75, 3.05) is 0 Å². The number of halogens is 2. The fourth-order valence-corrected chi connectivity index (χ4v) is 5.27. The second-order valence-corrected chi connectivity index (χ2v) is 10.6. The summed E-state index contributed by atoms with van der Waals surface area (Å²) in [5.41, 5.74) is 4.53. The second-order valence-electron chi connectivity index (χ2n) is 7.74. The Morgan fingerprint density at radius 3 is 1.26 bits per heavy atom. The molecule has 0 aromatic heterocycles. The highest BCUT2D eigenvalue weighted by atomic mass is 35.5. The summed E-state index contributed by atoms with van der Waals surface area (Å²) in [6.45, 7) is 0. The average molecular weight is 536 g/mol. The summed E-state index contributed by atoms with van der Waals surface area (Å²) in [5, 5.41) is 1.44. The third-order valence-corrected chi connectivity index (χ3v) is 7.61. The zero-order valence-corrected chi connectivity index (χ0v) is 22.0. The van der Waals surface area contributed by atoms with E-state index in [1.165, 1.54) is 24.1 Å². The van der Waals surface area contributed by atoms with Crippen molar-refractivity contribution < 1.29 is 3.63 Å². The minimum atomic E-state index is 0.00365. The number of hydrogen-bond acceptors (Lipinski definition) is 3. The SMILES string of the molecule is Clc1ccc(C(/C=C/c2ccccc2)SOSC(/C=C/c2ccccc2)c2ccc(Cl)cc2)cc1. The van der Waals surface area contributed by atoms with Gasteiger partial charge in [0.25, 0.3) is 0 Å². The van der Waals surface area contributed by atoms with Gasteiger partial charge in [-0.05, 0) is 46.5 Å². The molecule has 0 aliphatic rings. The minimum absolute atomic E-state index is 0.00365. The molecule has 2 atom stereocenters. The predicted molar refractivity (Wildman–Crippen MR) is 156 cm³/mol. The molecule has 0 saturated heterocycles. The van der Waals surface area contributed by atoms with E-state index in [9.17, 15) is 0 Å². The Morgan fingerprint density at radius 2 is 0.886 bits per heavy atom. The van der Waals surface area contributed by atoms with Crippen LogP contribution in [0.1, 0.15) is 32.8 Å². The van der Waals surface area contributed by atoms with E-state index < -0.39 is 0 Å². The van der Waals surface area contributed by atoms with Crippen LogP contribution >= 0.6 is 47.3 Å². The van der Waals surface area contributed by atoms with Crippen LogP contribution in [0, 0.1) is 0 Å². The molecular formula is C30H24Cl2OS2. The molecule has 0 fully saturated rings. The molecule has 0 bridgehead atoms. The first kappa shape index (κ1) is 25.7. The van der Waals surface area contributed by atoms with Crippen LogP contribution in [-0.4, -0.2) is 0 Å². The largest absolute Gasteiger partial charge is 0.245 e. The maximum Gasteiger partial charge on any atom is 0.0756 e. The van der Waals surface area contributed by atoms with Gasteiger partial charge in [0.1, 0.15) is 0 Å². The quantitative estimate of drug-likeness (QED) is 0.187. The zero-order valence-electron chi connectivity index (χ0n) is 18.8. The van der Waals surface area contributed by atoms with Crippen LogP contribution in [0.3, 0.4) is 0 Å². The standard InChI is InChI=1S/C30H24Cl2OS2/c31-27-17-13-25(14-18-27)29(21-11-23-7-3-1-4-8-23)34-33-35-30(26-15-19-28(32)20-16-26)22-12-24-9-5-2-6-10-24/h1-22,29-30H/b21-11+,22-12+. The number of benzene rings is 4. The van der Waals surface area contributed by atoms with Crippen molar-refractivity contribution in [1.82, 2.24) is 0 Å². The van der Waals surface area contributed by atoms with E-state index in [2.05, 4.69) is 48.6 Å². The average Bonchev–Trinajstić information content (AvgIpc) is 2.90. The Morgan fingerprint density at radius 1 is 0.514 bits per heavy atom. The Labute approximate surface area is 226 Å². The van der Waals surface area contributed by atoms with Gasteiger partial charge in [0.15, 0.2) is 0 Å². The highest BCUT2D eigenvalue weighted by molar-refractivity contribution is 8.08. The molecule has 4 rings (SSSR count). The third kappa shape index (κ3) is 8.34. The van der Waals surface area contributed by atoms with Crippen molar-refractivity contribution in [2.45, 2.75) is 10.5 Å². The van der Waals surface area contributed by atoms with Gasteiger partial charge in [0.05, 0.1) is 10.5 Å². The monoisotopic (exact) mass is 534 g/mol. The van der Waals surface area contributed by atoms with Gasteiger partial charge < -0.3 is 0 Å². The maximum atomic E-state index is 6.17. The van der Waals surface area contributed by atoms with E-state index >= 15 is 0 Å². The molecule has 35 heavy (non-hydrogen) atoms. The van der Waals surface area contributed by atoms with Crippen molar-refractivity contribution in [2.24, 2.45) is 0 Å². The summed E-state index contributed by atoms with van der Waals surface area (Å²) in [5.74, 6) is 0. The lowest BCUT2D eigenvalue weighted by Crippen LogP contribution is -1.93. The Kier molecular flexibility index (Phi) is 10.00. The van der Waals surface area contributed by atoms with Crippen LogP contribution in [0.5, 0.6) is 0 Å². The minimum Gasteiger partial charge on any atom is -0.245 e. The summed E-state index contributed by atoms with van der Waals surface area (Å²) < 4.78 is 6.17. The van der Waals surface area contributed by atoms with Gasteiger partial charge in [-0.15, -0.1) is 0 Å². The van der Waals surface area contributed by atoms with Crippen molar-refractivity contribution in [3.05, 3.63) is 154 Å². The molecule has 0 aliphatic heterocycles. The normalized spacial score (nSPS) is 13.3. The summed E-state index contributed by atoms with van der Waals surface area (Å²) in [7, 11) is 0. The van der Waals surface area contributed by atoms with Crippen LogP contribution in [0.4, 0.5) is 0 Å². The Hall–Kier alpha value is -2.40. The summed E-state index contributed by atoms with van der Waals surface area (Å²) in [6, 6.07) is 36.3. The molecule has 5 heteroatoms. The first-order chi connectivity index (χ1) is 17.2. The van der Waals surface area contributed by atoms with Gasteiger partial charge in [-0.3, -0.25) is 0 Å². The van der Waals surface area contributed by atoms with Crippen LogP contribution < -0.4 is 0 Å².